The average molecular weight is 371 g/mol. The molecule has 2 heterocycles. The van der Waals surface area contributed by atoms with Crippen molar-refractivity contribution >= 4 is 11.6 Å². The van der Waals surface area contributed by atoms with Crippen LogP contribution in [0.5, 0.6) is 5.75 Å². The van der Waals surface area contributed by atoms with Crippen LogP contribution in [-0.2, 0) is 4.79 Å². The molecule has 1 unspecified atom stereocenters. The van der Waals surface area contributed by atoms with Crippen LogP contribution in [0.25, 0.3) is 0 Å². The fourth-order valence-corrected chi connectivity index (χ4v) is 3.75. The Bertz CT molecular complexity index is 772. The average Bonchev–Trinajstić information content (AvgIpc) is 2.99. The van der Waals surface area contributed by atoms with Crippen LogP contribution in [0.15, 0.2) is 28.8 Å². The van der Waals surface area contributed by atoms with Gasteiger partial charge in [-0.3, -0.25) is 4.79 Å². The summed E-state index contributed by atoms with van der Waals surface area (Å²) < 4.78 is 11.2. The van der Waals surface area contributed by atoms with Crippen LogP contribution in [0.1, 0.15) is 43.7 Å². The van der Waals surface area contributed by atoms with Gasteiger partial charge in [-0.05, 0) is 46.8 Å². The van der Waals surface area contributed by atoms with Gasteiger partial charge in [-0.1, -0.05) is 17.3 Å². The minimum atomic E-state index is -0.237. The maximum Gasteiger partial charge on any atom is 0.230 e. The molecule has 27 heavy (non-hydrogen) atoms. The number of amides is 1. The molecule has 146 valence electrons. The van der Waals surface area contributed by atoms with E-state index in [9.17, 15) is 4.79 Å². The van der Waals surface area contributed by atoms with Crippen molar-refractivity contribution in [1.82, 2.24) is 10.1 Å². The minimum absolute atomic E-state index is 0.130. The summed E-state index contributed by atoms with van der Waals surface area (Å²) in [6, 6.07) is 8.11. The molecule has 3 rings (SSSR count). The van der Waals surface area contributed by atoms with E-state index in [0.717, 1.165) is 41.5 Å². The normalized spacial score (nSPS) is 15.9. The molecule has 1 fully saturated rings. The van der Waals surface area contributed by atoms with Crippen LogP contribution in [-0.4, -0.2) is 48.2 Å². The van der Waals surface area contributed by atoms with E-state index in [4.69, 9.17) is 9.26 Å². The van der Waals surface area contributed by atoms with E-state index in [2.05, 4.69) is 16.1 Å². The summed E-state index contributed by atoms with van der Waals surface area (Å²) >= 11 is 0. The van der Waals surface area contributed by atoms with Crippen LogP contribution in [0, 0.1) is 13.8 Å². The highest BCUT2D eigenvalue weighted by Gasteiger charge is 2.29. The lowest BCUT2D eigenvalue weighted by Crippen LogP contribution is -2.50. The van der Waals surface area contributed by atoms with E-state index in [1.54, 1.807) is 0 Å². The largest absolute Gasteiger partial charge is 0.489 e. The van der Waals surface area contributed by atoms with Gasteiger partial charge >= 0.3 is 0 Å². The number of anilines is 1. The molecule has 1 aromatic heterocycles. The Morgan fingerprint density at radius 2 is 1.78 bits per heavy atom. The van der Waals surface area contributed by atoms with Gasteiger partial charge in [0.1, 0.15) is 11.5 Å². The number of hydrogen-bond acceptors (Lipinski definition) is 5. The van der Waals surface area contributed by atoms with Crippen molar-refractivity contribution in [2.24, 2.45) is 0 Å². The van der Waals surface area contributed by atoms with Gasteiger partial charge in [0, 0.05) is 31.7 Å². The van der Waals surface area contributed by atoms with Crippen LogP contribution >= 0.6 is 0 Å². The molecular formula is C21H29N3O3. The molecule has 0 bridgehead atoms. The Morgan fingerprint density at radius 3 is 2.37 bits per heavy atom. The van der Waals surface area contributed by atoms with E-state index in [0.29, 0.717) is 13.1 Å². The number of para-hydroxylation sites is 2. The quantitative estimate of drug-likeness (QED) is 0.805. The molecule has 1 aliphatic rings. The fraction of sp³-hybridized carbons (Fsp3) is 0.524. The lowest BCUT2D eigenvalue weighted by Gasteiger charge is -2.37. The second kappa shape index (κ2) is 8.03. The van der Waals surface area contributed by atoms with Crippen LogP contribution < -0.4 is 9.64 Å². The standard InChI is InChI=1S/C21H29N3O3/c1-14(2)26-19-9-7-6-8-18(19)23-10-12-24(13-11-23)21(25)15(3)20-16(4)22-27-17(20)5/h6-9,14-15H,10-13H2,1-5H3. The molecule has 2 aromatic rings. The summed E-state index contributed by atoms with van der Waals surface area (Å²) in [6.45, 7) is 12.7. The molecule has 1 atom stereocenters. The first-order chi connectivity index (χ1) is 12.9. The van der Waals surface area contributed by atoms with E-state index in [1.165, 1.54) is 0 Å². The number of nitrogens with zero attached hydrogens (tertiary/aromatic N) is 3. The topological polar surface area (TPSA) is 58.8 Å². The number of aromatic nitrogens is 1. The van der Waals surface area contributed by atoms with Gasteiger partial charge in [0.05, 0.1) is 23.4 Å². The van der Waals surface area contributed by atoms with Crippen molar-refractivity contribution < 1.29 is 14.1 Å². The van der Waals surface area contributed by atoms with Crippen LogP contribution in [0.2, 0.25) is 0 Å². The third kappa shape index (κ3) is 4.10. The second-order valence-corrected chi connectivity index (χ2v) is 7.41. The zero-order valence-electron chi connectivity index (χ0n) is 16.9. The van der Waals surface area contributed by atoms with Gasteiger partial charge < -0.3 is 19.1 Å². The summed E-state index contributed by atoms with van der Waals surface area (Å²) in [5.74, 6) is 1.53. The van der Waals surface area contributed by atoms with Crippen LogP contribution in [0.4, 0.5) is 5.69 Å². The maximum absolute atomic E-state index is 13.0. The predicted molar refractivity (Wildman–Crippen MR) is 105 cm³/mol. The van der Waals surface area contributed by atoms with Crippen molar-refractivity contribution in [3.05, 3.63) is 41.3 Å². The Labute approximate surface area is 161 Å². The Hall–Kier alpha value is -2.50. The molecule has 0 N–H and O–H groups in total. The molecule has 0 spiro atoms. The second-order valence-electron chi connectivity index (χ2n) is 7.41. The SMILES string of the molecule is Cc1noc(C)c1C(C)C(=O)N1CCN(c2ccccc2OC(C)C)CC1. The Morgan fingerprint density at radius 1 is 1.11 bits per heavy atom. The number of hydrogen-bond donors (Lipinski definition) is 0. The molecule has 0 saturated carbocycles. The van der Waals surface area contributed by atoms with Gasteiger partial charge in [0.2, 0.25) is 5.91 Å². The van der Waals surface area contributed by atoms with Crippen molar-refractivity contribution in [2.75, 3.05) is 31.1 Å². The lowest BCUT2D eigenvalue weighted by molar-refractivity contribution is -0.132. The van der Waals surface area contributed by atoms with Crippen molar-refractivity contribution in [3.63, 3.8) is 0 Å². The van der Waals surface area contributed by atoms with E-state index in [-0.39, 0.29) is 17.9 Å². The summed E-state index contributed by atoms with van der Waals surface area (Å²) in [5.41, 5.74) is 2.81. The molecule has 0 aliphatic carbocycles. The van der Waals surface area contributed by atoms with Gasteiger partial charge in [0.25, 0.3) is 0 Å². The molecule has 6 nitrogen and oxygen atoms in total. The summed E-state index contributed by atoms with van der Waals surface area (Å²) in [7, 11) is 0. The Kier molecular flexibility index (Phi) is 5.73. The van der Waals surface area contributed by atoms with Gasteiger partial charge in [0.15, 0.2) is 0 Å². The van der Waals surface area contributed by atoms with Crippen molar-refractivity contribution in [3.8, 4) is 5.75 Å². The van der Waals surface area contributed by atoms with Gasteiger partial charge in [-0.2, -0.15) is 0 Å². The first kappa shape index (κ1) is 19.3. The maximum atomic E-state index is 13.0. The molecule has 0 radical (unpaired) electrons. The molecule has 1 aliphatic heterocycles. The summed E-state index contributed by atoms with van der Waals surface area (Å²) in [4.78, 5) is 17.2. The highest BCUT2D eigenvalue weighted by Crippen LogP contribution is 2.30. The Balaban J connectivity index is 1.66. The monoisotopic (exact) mass is 371 g/mol. The molecule has 6 heteroatoms. The number of piperazine rings is 1. The zero-order valence-corrected chi connectivity index (χ0v) is 16.9. The molecule has 1 saturated heterocycles. The molecule has 1 aromatic carbocycles. The summed E-state index contributed by atoms with van der Waals surface area (Å²) in [5, 5.41) is 3.98. The van der Waals surface area contributed by atoms with Crippen molar-refractivity contribution in [2.45, 2.75) is 46.6 Å². The number of ether oxygens (including phenoxy) is 1. The van der Waals surface area contributed by atoms with Gasteiger partial charge in [-0.15, -0.1) is 0 Å². The van der Waals surface area contributed by atoms with E-state index in [1.807, 2.05) is 57.7 Å². The van der Waals surface area contributed by atoms with E-state index < -0.39 is 0 Å². The van der Waals surface area contributed by atoms with E-state index >= 15 is 0 Å². The number of aryl methyl sites for hydroxylation is 2. The number of benzene rings is 1. The number of rotatable bonds is 5. The molecular weight excluding hydrogens is 342 g/mol. The highest BCUT2D eigenvalue weighted by atomic mass is 16.5. The lowest BCUT2D eigenvalue weighted by atomic mass is 9.97. The van der Waals surface area contributed by atoms with Crippen LogP contribution in [0.3, 0.4) is 0 Å². The number of carbonyl (C=O) groups excluding carboxylic acids is 1. The smallest absolute Gasteiger partial charge is 0.230 e. The first-order valence-electron chi connectivity index (χ1n) is 9.60. The first-order valence-corrected chi connectivity index (χ1v) is 9.60. The third-order valence-corrected chi connectivity index (χ3v) is 5.05. The highest BCUT2D eigenvalue weighted by molar-refractivity contribution is 5.84. The fourth-order valence-electron chi connectivity index (χ4n) is 3.75. The predicted octanol–water partition coefficient (Wildman–Crippen LogP) is 3.53. The molecule has 1 amide bonds. The van der Waals surface area contributed by atoms with Gasteiger partial charge in [-0.25, -0.2) is 0 Å². The van der Waals surface area contributed by atoms with Crippen molar-refractivity contribution in [1.29, 1.82) is 0 Å². The minimum Gasteiger partial charge on any atom is -0.489 e. The summed E-state index contributed by atoms with van der Waals surface area (Å²) in [6.07, 6.45) is 0.130. The zero-order chi connectivity index (χ0) is 19.6. The third-order valence-electron chi connectivity index (χ3n) is 5.05. The number of carbonyl (C=O) groups is 1.